The van der Waals surface area contributed by atoms with Gasteiger partial charge in [0.05, 0.1) is 12.8 Å². The van der Waals surface area contributed by atoms with Gasteiger partial charge in [0.1, 0.15) is 0 Å². The smallest absolute Gasteiger partial charge is 0.225 e. The van der Waals surface area contributed by atoms with Crippen LogP contribution in [0.15, 0.2) is 34.0 Å². The molecule has 6 nitrogen and oxygen atoms in total. The van der Waals surface area contributed by atoms with Gasteiger partial charge in [0.2, 0.25) is 11.4 Å². The number of nitrogens with one attached hydrogen (secondary N) is 1. The topological polar surface area (TPSA) is 62.9 Å². The van der Waals surface area contributed by atoms with Crippen molar-refractivity contribution in [2.45, 2.75) is 18.6 Å². The van der Waals surface area contributed by atoms with Crippen molar-refractivity contribution in [3.8, 4) is 0 Å². The number of fused-ring (bicyclic) bond motifs is 3. The van der Waals surface area contributed by atoms with E-state index in [1.54, 1.807) is 12.5 Å². The number of aromatic nitrogens is 1. The van der Waals surface area contributed by atoms with Gasteiger partial charge in [0, 0.05) is 23.1 Å². The second-order valence-electron chi connectivity index (χ2n) is 6.10. The predicted octanol–water partition coefficient (Wildman–Crippen LogP) is 1.53. The van der Waals surface area contributed by atoms with Crippen molar-refractivity contribution in [3.05, 3.63) is 30.2 Å². The second-order valence-corrected chi connectivity index (χ2v) is 6.10. The highest BCUT2D eigenvalue weighted by atomic mass is 16.7. The maximum atomic E-state index is 5.93. The van der Waals surface area contributed by atoms with Crippen molar-refractivity contribution in [3.63, 3.8) is 0 Å². The summed E-state index contributed by atoms with van der Waals surface area (Å²) in [5.41, 5.74) is 4.21. The highest BCUT2D eigenvalue weighted by molar-refractivity contribution is 6.01. The molecule has 0 saturated carbocycles. The van der Waals surface area contributed by atoms with Gasteiger partial charge in [0.15, 0.2) is 5.84 Å². The molecular formula is C15H16N4O2. The lowest BCUT2D eigenvalue weighted by atomic mass is 9.81. The summed E-state index contributed by atoms with van der Waals surface area (Å²) >= 11 is 0. The van der Waals surface area contributed by atoms with E-state index in [0.29, 0.717) is 11.6 Å². The highest BCUT2D eigenvalue weighted by Crippen LogP contribution is 2.40. The van der Waals surface area contributed by atoms with Crippen LogP contribution in [0.5, 0.6) is 0 Å². The van der Waals surface area contributed by atoms with Crippen LogP contribution in [-0.2, 0) is 4.84 Å². The zero-order valence-electron chi connectivity index (χ0n) is 11.6. The summed E-state index contributed by atoms with van der Waals surface area (Å²) in [5, 5.41) is 0.979. The molecule has 3 fully saturated rings. The summed E-state index contributed by atoms with van der Waals surface area (Å²) in [7, 11) is 0. The molecule has 6 rings (SSSR count). The lowest BCUT2D eigenvalue weighted by Crippen LogP contribution is -2.58. The molecule has 0 radical (unpaired) electrons. The van der Waals surface area contributed by atoms with E-state index in [9.17, 15) is 0 Å². The monoisotopic (exact) mass is 284 g/mol. The third kappa shape index (κ3) is 1.66. The first-order valence-corrected chi connectivity index (χ1v) is 7.42. The van der Waals surface area contributed by atoms with Crippen LogP contribution in [0.2, 0.25) is 0 Å². The number of amidine groups is 1. The summed E-state index contributed by atoms with van der Waals surface area (Å²) in [6.07, 6.45) is 5.76. The summed E-state index contributed by atoms with van der Waals surface area (Å²) < 4.78 is 5.28. The van der Waals surface area contributed by atoms with Gasteiger partial charge < -0.3 is 4.42 Å². The fraction of sp³-hybridized carbons (Fsp3) is 0.467. The molecular weight excluding hydrogens is 268 g/mol. The Kier molecular flexibility index (Phi) is 2.26. The number of pyridine rings is 1. The van der Waals surface area contributed by atoms with Crippen LogP contribution in [0.25, 0.3) is 11.1 Å². The fourth-order valence-electron chi connectivity index (χ4n) is 3.72. The average molecular weight is 284 g/mol. The van der Waals surface area contributed by atoms with Crippen molar-refractivity contribution in [2.75, 3.05) is 19.6 Å². The van der Waals surface area contributed by atoms with E-state index >= 15 is 0 Å². The minimum Gasteiger partial charge on any atom is -0.446 e. The number of furan rings is 1. The molecule has 1 N–H and O–H groups in total. The minimum absolute atomic E-state index is 0.406. The van der Waals surface area contributed by atoms with E-state index in [2.05, 4.69) is 15.4 Å². The van der Waals surface area contributed by atoms with Crippen LogP contribution in [0.4, 0.5) is 0 Å². The Labute approximate surface area is 121 Å². The van der Waals surface area contributed by atoms with Crippen LogP contribution in [-0.4, -0.2) is 41.1 Å². The molecule has 2 bridgehead atoms. The molecule has 0 aliphatic carbocycles. The Morgan fingerprint density at radius 1 is 1.33 bits per heavy atom. The van der Waals surface area contributed by atoms with Gasteiger partial charge in [-0.3, -0.25) is 4.90 Å². The standard InChI is InChI=1S/C15H16N4O2/c1-4-19-5-2-12(1)15(9-19)17-13(18-21-15)11-7-10-3-6-20-14(10)16-8-11/h3,6-8,12H,1-2,4-5,9H2,(H,17,18). The first-order valence-electron chi connectivity index (χ1n) is 7.42. The van der Waals surface area contributed by atoms with Crippen molar-refractivity contribution >= 4 is 16.9 Å². The number of aliphatic imine (C=N–C) groups is 1. The number of piperidine rings is 3. The highest BCUT2D eigenvalue weighted by Gasteiger charge is 2.51. The number of hydroxylamine groups is 1. The molecule has 0 amide bonds. The third-order valence-corrected chi connectivity index (χ3v) is 4.88. The van der Waals surface area contributed by atoms with Gasteiger partial charge in [-0.15, -0.1) is 0 Å². The zero-order chi connectivity index (χ0) is 13.9. The number of hydrogen-bond acceptors (Lipinski definition) is 6. The summed E-state index contributed by atoms with van der Waals surface area (Å²) in [4.78, 5) is 17.6. The molecule has 2 aromatic heterocycles. The first-order chi connectivity index (χ1) is 10.3. The van der Waals surface area contributed by atoms with Crippen molar-refractivity contribution in [1.29, 1.82) is 0 Å². The summed E-state index contributed by atoms with van der Waals surface area (Å²) in [5.74, 6) is 1.29. The van der Waals surface area contributed by atoms with Gasteiger partial charge in [-0.05, 0) is 38.1 Å². The SMILES string of the molecule is c1cc2cc(C3=NC4(CN5CCC4CC5)ON3)cnc2o1. The van der Waals surface area contributed by atoms with Crippen LogP contribution in [0.1, 0.15) is 18.4 Å². The molecule has 2 aromatic rings. The van der Waals surface area contributed by atoms with Gasteiger partial charge >= 0.3 is 0 Å². The molecule has 4 aliphatic heterocycles. The predicted molar refractivity (Wildman–Crippen MR) is 76.7 cm³/mol. The minimum atomic E-state index is -0.406. The van der Waals surface area contributed by atoms with E-state index in [1.165, 1.54) is 13.1 Å². The Balaban J connectivity index is 1.53. The van der Waals surface area contributed by atoms with Crippen LogP contribution < -0.4 is 5.48 Å². The molecule has 3 saturated heterocycles. The summed E-state index contributed by atoms with van der Waals surface area (Å²) in [6.45, 7) is 3.22. The summed E-state index contributed by atoms with van der Waals surface area (Å²) in [6, 6.07) is 3.94. The number of nitrogens with zero attached hydrogens (tertiary/aromatic N) is 3. The Bertz CT molecular complexity index is 732. The van der Waals surface area contributed by atoms with E-state index in [4.69, 9.17) is 14.2 Å². The van der Waals surface area contributed by atoms with Gasteiger partial charge in [-0.25, -0.2) is 20.3 Å². The van der Waals surface area contributed by atoms with Crippen LogP contribution in [0.3, 0.4) is 0 Å². The molecule has 4 aliphatic rings. The molecule has 21 heavy (non-hydrogen) atoms. The fourth-order valence-corrected chi connectivity index (χ4v) is 3.72. The van der Waals surface area contributed by atoms with Crippen LogP contribution >= 0.6 is 0 Å². The number of rotatable bonds is 1. The molecule has 0 aromatic carbocycles. The van der Waals surface area contributed by atoms with E-state index in [1.807, 2.05) is 12.1 Å². The average Bonchev–Trinajstić information content (AvgIpc) is 3.15. The second kappa shape index (κ2) is 4.05. The quantitative estimate of drug-likeness (QED) is 0.860. The van der Waals surface area contributed by atoms with E-state index in [-0.39, 0.29) is 0 Å². The molecule has 1 unspecified atom stereocenters. The Morgan fingerprint density at radius 2 is 2.24 bits per heavy atom. The van der Waals surface area contributed by atoms with Crippen molar-refractivity contribution in [2.24, 2.45) is 10.9 Å². The van der Waals surface area contributed by atoms with Gasteiger partial charge in [0.25, 0.3) is 0 Å². The number of hydrogen-bond donors (Lipinski definition) is 1. The van der Waals surface area contributed by atoms with Gasteiger partial charge in [-0.2, -0.15) is 0 Å². The maximum absolute atomic E-state index is 5.93. The van der Waals surface area contributed by atoms with Crippen molar-refractivity contribution < 1.29 is 9.25 Å². The molecule has 108 valence electrons. The van der Waals surface area contributed by atoms with E-state index < -0.39 is 5.72 Å². The largest absolute Gasteiger partial charge is 0.446 e. The van der Waals surface area contributed by atoms with Crippen LogP contribution in [0, 0.1) is 5.92 Å². The molecule has 1 spiro atoms. The lowest BCUT2D eigenvalue weighted by molar-refractivity contribution is -0.155. The van der Waals surface area contributed by atoms with Gasteiger partial charge in [-0.1, -0.05) is 0 Å². The normalized spacial score (nSPS) is 34.4. The Hall–Kier alpha value is -1.92. The first kappa shape index (κ1) is 11.7. The molecule has 6 heteroatoms. The lowest BCUT2D eigenvalue weighted by Gasteiger charge is -2.47. The maximum Gasteiger partial charge on any atom is 0.225 e. The third-order valence-electron chi connectivity index (χ3n) is 4.88. The Morgan fingerprint density at radius 3 is 3.05 bits per heavy atom. The van der Waals surface area contributed by atoms with Crippen molar-refractivity contribution in [1.82, 2.24) is 15.4 Å². The molecule has 6 heterocycles. The molecule has 1 atom stereocenters. The van der Waals surface area contributed by atoms with E-state index in [0.717, 1.165) is 36.2 Å². The zero-order valence-corrected chi connectivity index (χ0v) is 11.6.